The predicted molar refractivity (Wildman–Crippen MR) is 71.7 cm³/mol. The van der Waals surface area contributed by atoms with Crippen molar-refractivity contribution >= 4 is 27.6 Å². The van der Waals surface area contributed by atoms with Gasteiger partial charge in [-0.15, -0.1) is 0 Å². The monoisotopic (exact) mass is 281 g/mol. The van der Waals surface area contributed by atoms with Gasteiger partial charge in [0.25, 0.3) is 0 Å². The molecule has 1 heterocycles. The summed E-state index contributed by atoms with van der Waals surface area (Å²) in [6.07, 6.45) is 0. The number of benzene rings is 1. The van der Waals surface area contributed by atoms with Crippen LogP contribution in [0, 0.1) is 5.92 Å². The largest absolute Gasteiger partial charge is 0.370 e. The van der Waals surface area contributed by atoms with Crippen molar-refractivity contribution in [2.75, 3.05) is 11.4 Å². The van der Waals surface area contributed by atoms with Gasteiger partial charge >= 0.3 is 0 Å². The lowest BCUT2D eigenvalue weighted by Crippen LogP contribution is -2.43. The van der Waals surface area contributed by atoms with Gasteiger partial charge < -0.3 is 10.6 Å². The Balaban J connectivity index is 2.30. The molecule has 0 spiro atoms. The van der Waals surface area contributed by atoms with Gasteiger partial charge in [-0.2, -0.15) is 0 Å². The average molecular weight is 282 g/mol. The van der Waals surface area contributed by atoms with E-state index in [1.54, 1.807) is 0 Å². The molecule has 3 nitrogen and oxygen atoms in total. The fourth-order valence-electron chi connectivity index (χ4n) is 1.95. The number of nitrogens with zero attached hydrogens (tertiary/aromatic N) is 2. The standard InChI is InChI=1S/C12H16BrN3/c1-8(2)11-7-15-12(14)16(11)10-5-3-9(13)4-6-10/h3-6,8,11H,7H2,1-2H3,(H2,14,15). The summed E-state index contributed by atoms with van der Waals surface area (Å²) in [7, 11) is 0. The van der Waals surface area contributed by atoms with Crippen LogP contribution in [0.2, 0.25) is 0 Å². The summed E-state index contributed by atoms with van der Waals surface area (Å²) in [6.45, 7) is 5.19. The summed E-state index contributed by atoms with van der Waals surface area (Å²) in [6, 6.07) is 8.55. The molecule has 0 amide bonds. The molecule has 0 saturated heterocycles. The number of guanidine groups is 1. The maximum absolute atomic E-state index is 5.94. The molecule has 1 aliphatic heterocycles. The fourth-order valence-corrected chi connectivity index (χ4v) is 2.21. The molecule has 1 unspecified atom stereocenters. The molecule has 0 bridgehead atoms. The van der Waals surface area contributed by atoms with E-state index in [1.807, 2.05) is 12.1 Å². The van der Waals surface area contributed by atoms with E-state index in [0.717, 1.165) is 16.7 Å². The highest BCUT2D eigenvalue weighted by Gasteiger charge is 2.29. The molecule has 0 saturated carbocycles. The smallest absolute Gasteiger partial charge is 0.196 e. The minimum absolute atomic E-state index is 0.376. The molecular formula is C12H16BrN3. The zero-order valence-corrected chi connectivity index (χ0v) is 11.1. The van der Waals surface area contributed by atoms with Crippen molar-refractivity contribution in [3.8, 4) is 0 Å². The number of hydrogen-bond acceptors (Lipinski definition) is 3. The van der Waals surface area contributed by atoms with Crippen LogP contribution in [-0.2, 0) is 0 Å². The van der Waals surface area contributed by atoms with E-state index < -0.39 is 0 Å². The lowest BCUT2D eigenvalue weighted by molar-refractivity contribution is 0.517. The minimum Gasteiger partial charge on any atom is -0.370 e. The Morgan fingerprint density at radius 3 is 2.56 bits per heavy atom. The molecule has 0 aliphatic carbocycles. The van der Waals surface area contributed by atoms with Crippen LogP contribution in [0.1, 0.15) is 13.8 Å². The van der Waals surface area contributed by atoms with Gasteiger partial charge in [0.2, 0.25) is 0 Å². The van der Waals surface area contributed by atoms with Crippen LogP contribution in [0.5, 0.6) is 0 Å². The minimum atomic E-state index is 0.376. The Kier molecular flexibility index (Phi) is 3.19. The van der Waals surface area contributed by atoms with Gasteiger partial charge in [0, 0.05) is 10.2 Å². The topological polar surface area (TPSA) is 41.6 Å². The Hall–Kier alpha value is -1.03. The van der Waals surface area contributed by atoms with Crippen molar-refractivity contribution in [2.45, 2.75) is 19.9 Å². The summed E-state index contributed by atoms with van der Waals surface area (Å²) in [4.78, 5) is 6.45. The normalized spacial score (nSPS) is 20.4. The van der Waals surface area contributed by atoms with E-state index in [2.05, 4.69) is 51.8 Å². The molecule has 0 radical (unpaired) electrons. The van der Waals surface area contributed by atoms with Crippen molar-refractivity contribution in [2.24, 2.45) is 16.6 Å². The molecule has 4 heteroatoms. The van der Waals surface area contributed by atoms with Crippen LogP contribution >= 0.6 is 15.9 Å². The van der Waals surface area contributed by atoms with Crippen LogP contribution in [0.3, 0.4) is 0 Å². The van der Waals surface area contributed by atoms with Gasteiger partial charge in [0.1, 0.15) is 0 Å². The van der Waals surface area contributed by atoms with Crippen LogP contribution in [0.4, 0.5) is 5.69 Å². The number of aliphatic imine (C=N–C) groups is 1. The predicted octanol–water partition coefficient (Wildman–Crippen LogP) is 2.61. The summed E-state index contributed by atoms with van der Waals surface area (Å²) < 4.78 is 1.08. The SMILES string of the molecule is CC(C)C1CN=C(N)N1c1ccc(Br)cc1. The first-order valence-electron chi connectivity index (χ1n) is 5.44. The number of anilines is 1. The lowest BCUT2D eigenvalue weighted by atomic mass is 10.0. The van der Waals surface area contributed by atoms with Crippen molar-refractivity contribution in [1.82, 2.24) is 0 Å². The second-order valence-corrected chi connectivity index (χ2v) is 5.27. The van der Waals surface area contributed by atoms with Gasteiger partial charge in [0.15, 0.2) is 5.96 Å². The summed E-state index contributed by atoms with van der Waals surface area (Å²) in [5.74, 6) is 1.16. The molecule has 16 heavy (non-hydrogen) atoms. The molecule has 2 rings (SSSR count). The van der Waals surface area contributed by atoms with Crippen molar-refractivity contribution in [1.29, 1.82) is 0 Å². The number of hydrogen-bond donors (Lipinski definition) is 1. The van der Waals surface area contributed by atoms with Crippen molar-refractivity contribution in [3.63, 3.8) is 0 Å². The Morgan fingerprint density at radius 1 is 1.38 bits per heavy atom. The fraction of sp³-hybridized carbons (Fsp3) is 0.417. The molecule has 0 aromatic heterocycles. The summed E-state index contributed by atoms with van der Waals surface area (Å²) in [5, 5.41) is 0. The first-order valence-corrected chi connectivity index (χ1v) is 6.23. The van der Waals surface area contributed by atoms with Gasteiger partial charge in [0.05, 0.1) is 12.6 Å². The van der Waals surface area contributed by atoms with Crippen molar-refractivity contribution in [3.05, 3.63) is 28.7 Å². The molecule has 1 aliphatic rings. The molecule has 2 N–H and O–H groups in total. The van der Waals surface area contributed by atoms with E-state index in [-0.39, 0.29) is 0 Å². The first-order chi connectivity index (χ1) is 7.59. The van der Waals surface area contributed by atoms with Gasteiger partial charge in [-0.25, -0.2) is 0 Å². The van der Waals surface area contributed by atoms with E-state index in [9.17, 15) is 0 Å². The first kappa shape index (κ1) is 11.5. The maximum atomic E-state index is 5.94. The molecule has 1 aromatic rings. The van der Waals surface area contributed by atoms with Crippen LogP contribution in [0.15, 0.2) is 33.7 Å². The Labute approximate surface area is 104 Å². The highest BCUT2D eigenvalue weighted by Crippen LogP contribution is 2.26. The molecule has 1 atom stereocenters. The highest BCUT2D eigenvalue weighted by atomic mass is 79.9. The number of rotatable bonds is 2. The molecular weight excluding hydrogens is 266 g/mol. The average Bonchev–Trinajstić information content (AvgIpc) is 2.62. The zero-order chi connectivity index (χ0) is 11.7. The van der Waals surface area contributed by atoms with Crippen LogP contribution in [-0.4, -0.2) is 18.5 Å². The second kappa shape index (κ2) is 4.45. The third-order valence-electron chi connectivity index (χ3n) is 2.89. The second-order valence-electron chi connectivity index (χ2n) is 4.36. The number of nitrogens with two attached hydrogens (primary N) is 1. The summed E-state index contributed by atoms with van der Waals surface area (Å²) in [5.41, 5.74) is 7.05. The van der Waals surface area contributed by atoms with E-state index in [4.69, 9.17) is 5.73 Å². The third kappa shape index (κ3) is 2.07. The highest BCUT2D eigenvalue weighted by molar-refractivity contribution is 9.10. The Morgan fingerprint density at radius 2 is 2.00 bits per heavy atom. The van der Waals surface area contributed by atoms with Gasteiger partial charge in [-0.1, -0.05) is 29.8 Å². The van der Waals surface area contributed by atoms with Crippen LogP contribution in [0.25, 0.3) is 0 Å². The van der Waals surface area contributed by atoms with Crippen molar-refractivity contribution < 1.29 is 0 Å². The molecule has 86 valence electrons. The summed E-state index contributed by atoms with van der Waals surface area (Å²) >= 11 is 3.43. The van der Waals surface area contributed by atoms with E-state index >= 15 is 0 Å². The van der Waals surface area contributed by atoms with E-state index in [1.165, 1.54) is 0 Å². The van der Waals surface area contributed by atoms with Gasteiger partial charge in [-0.3, -0.25) is 4.99 Å². The zero-order valence-electron chi connectivity index (χ0n) is 9.52. The lowest BCUT2D eigenvalue weighted by Gasteiger charge is -2.29. The Bertz CT molecular complexity index is 397. The quantitative estimate of drug-likeness (QED) is 0.906. The van der Waals surface area contributed by atoms with Crippen LogP contribution < -0.4 is 10.6 Å². The molecule has 1 aromatic carbocycles. The number of halogens is 1. The van der Waals surface area contributed by atoms with E-state index in [0.29, 0.717) is 17.9 Å². The molecule has 0 fully saturated rings. The van der Waals surface area contributed by atoms with Gasteiger partial charge in [-0.05, 0) is 30.2 Å². The maximum Gasteiger partial charge on any atom is 0.196 e. The third-order valence-corrected chi connectivity index (χ3v) is 3.42.